The first kappa shape index (κ1) is 49.8. The number of fused-ring (bicyclic) bond motifs is 2. The SMILES string of the molecule is CCCC(NC(=O)c1cc(Oc2ccc(N=Nc3c(S(=O)(=O)O)cc4cc(S(=O)(=O)O)cc(NC(C)=O)c4c3O)cc2)c2ccccc2c1O)Oc1ccc(CC(C)(C)C)cc1CC(C)(C)C. The van der Waals surface area contributed by atoms with E-state index in [-0.39, 0.29) is 55.8 Å². The number of amides is 2. The number of carbonyl (C=O) groups excluding carboxylic acids is 2. The van der Waals surface area contributed by atoms with E-state index < -0.39 is 59.5 Å². The molecule has 354 valence electrons. The van der Waals surface area contributed by atoms with E-state index in [0.717, 1.165) is 43.5 Å². The van der Waals surface area contributed by atoms with Crippen LogP contribution in [0.1, 0.15) is 89.7 Å². The van der Waals surface area contributed by atoms with Gasteiger partial charge >= 0.3 is 0 Å². The van der Waals surface area contributed by atoms with Crippen LogP contribution < -0.4 is 20.1 Å². The number of hydrogen-bond donors (Lipinski definition) is 6. The highest BCUT2D eigenvalue weighted by molar-refractivity contribution is 7.86. The second kappa shape index (κ2) is 19.3. The van der Waals surface area contributed by atoms with Crippen LogP contribution in [-0.4, -0.2) is 54.2 Å². The quantitative estimate of drug-likeness (QED) is 0.0319. The van der Waals surface area contributed by atoms with E-state index >= 15 is 0 Å². The van der Waals surface area contributed by atoms with E-state index in [2.05, 4.69) is 74.5 Å². The zero-order valence-corrected chi connectivity index (χ0v) is 40.0. The molecule has 0 spiro atoms. The summed E-state index contributed by atoms with van der Waals surface area (Å²) in [7, 11) is -10.0. The summed E-state index contributed by atoms with van der Waals surface area (Å²) in [5.41, 5.74) is 1.28. The highest BCUT2D eigenvalue weighted by atomic mass is 32.2. The molecule has 1 atom stereocenters. The van der Waals surface area contributed by atoms with Crippen LogP contribution in [0.3, 0.4) is 0 Å². The minimum atomic E-state index is -5.13. The highest BCUT2D eigenvalue weighted by Gasteiger charge is 2.27. The van der Waals surface area contributed by atoms with Crippen molar-refractivity contribution in [3.63, 3.8) is 0 Å². The minimum Gasteiger partial charge on any atom is -0.506 e. The molecule has 0 bridgehead atoms. The molecule has 0 aliphatic heterocycles. The Balaban J connectivity index is 1.30. The van der Waals surface area contributed by atoms with Crippen LogP contribution in [0.4, 0.5) is 17.1 Å². The summed E-state index contributed by atoms with van der Waals surface area (Å²) in [5.74, 6) is -1.26. The second-order valence-electron chi connectivity index (χ2n) is 18.7. The van der Waals surface area contributed by atoms with Crippen LogP contribution >= 0.6 is 0 Å². The molecular weight excluding hydrogens is 901 g/mol. The third-order valence-electron chi connectivity index (χ3n) is 10.3. The molecule has 0 heterocycles. The number of rotatable bonds is 15. The average Bonchev–Trinajstić information content (AvgIpc) is 3.20. The molecule has 6 aromatic carbocycles. The second-order valence-corrected chi connectivity index (χ2v) is 21.5. The largest absolute Gasteiger partial charge is 0.506 e. The number of ether oxygens (including phenoxy) is 2. The van der Waals surface area contributed by atoms with Crippen molar-refractivity contribution in [2.24, 2.45) is 21.1 Å². The number of carbonyl (C=O) groups is 2. The lowest BCUT2D eigenvalue weighted by Crippen LogP contribution is -2.39. The Labute approximate surface area is 389 Å². The number of phenolic OH excluding ortho intramolecular Hbond substituents is 2. The molecule has 1 unspecified atom stereocenters. The number of phenols is 2. The fourth-order valence-corrected chi connectivity index (χ4v) is 8.77. The maximum Gasteiger partial charge on any atom is 0.296 e. The van der Waals surface area contributed by atoms with Gasteiger partial charge in [0, 0.05) is 29.5 Å². The fraction of sp³-hybridized carbons (Fsp3) is 0.306. The van der Waals surface area contributed by atoms with Gasteiger partial charge in [0.2, 0.25) is 5.91 Å². The Morgan fingerprint density at radius 2 is 1.40 bits per heavy atom. The number of azo groups is 1. The summed E-state index contributed by atoms with van der Waals surface area (Å²) in [4.78, 5) is 24.4. The molecule has 0 aliphatic carbocycles. The molecule has 2 amide bonds. The molecule has 0 aliphatic rings. The van der Waals surface area contributed by atoms with Gasteiger partial charge in [0.1, 0.15) is 33.6 Å². The summed E-state index contributed by atoms with van der Waals surface area (Å²) in [6, 6.07) is 22.9. The fourth-order valence-electron chi connectivity index (χ4n) is 7.57. The van der Waals surface area contributed by atoms with Gasteiger partial charge in [0.05, 0.1) is 21.8 Å². The normalized spacial score (nSPS) is 12.9. The standard InChI is InChI=1S/C49H54N4O12S2/c1-9-12-42(65-39-20-15-29(26-48(3,4)5)21-31(39)27-49(6,7)8)51-47(57)37-25-40(35-13-10-11-14-36(35)45(37)55)64-33-18-16-32(17-19-33)52-53-44-41(67(61,62)63)23-30-22-34(66(58,59)60)24-38(50-28(2)54)43(30)46(44)56/h10-11,13-25,42,55-56H,9,12,26-27H2,1-8H3,(H,50,54)(H,51,57)(H,58,59,60)(H,61,62,63). The summed E-state index contributed by atoms with van der Waals surface area (Å²) >= 11 is 0. The van der Waals surface area contributed by atoms with Gasteiger partial charge in [-0.2, -0.15) is 21.9 Å². The maximum atomic E-state index is 14.1. The number of benzene rings is 6. The molecule has 6 N–H and O–H groups in total. The van der Waals surface area contributed by atoms with E-state index in [1.165, 1.54) is 35.9 Å². The van der Waals surface area contributed by atoms with Crippen LogP contribution in [0.5, 0.6) is 28.7 Å². The molecular formula is C49H54N4O12S2. The van der Waals surface area contributed by atoms with Crippen molar-refractivity contribution in [1.82, 2.24) is 5.32 Å². The number of hydrogen-bond acceptors (Lipinski definition) is 12. The number of nitrogens with one attached hydrogen (secondary N) is 2. The van der Waals surface area contributed by atoms with Gasteiger partial charge in [0.25, 0.3) is 26.1 Å². The van der Waals surface area contributed by atoms with Crippen molar-refractivity contribution in [3.8, 4) is 28.7 Å². The first-order chi connectivity index (χ1) is 31.2. The predicted molar refractivity (Wildman–Crippen MR) is 255 cm³/mol. The van der Waals surface area contributed by atoms with E-state index in [4.69, 9.17) is 9.47 Å². The first-order valence-corrected chi connectivity index (χ1v) is 24.2. The van der Waals surface area contributed by atoms with E-state index in [1.807, 2.05) is 13.0 Å². The van der Waals surface area contributed by atoms with Gasteiger partial charge in [-0.1, -0.05) is 91.3 Å². The van der Waals surface area contributed by atoms with Crippen LogP contribution in [0.15, 0.2) is 111 Å². The molecule has 0 aromatic heterocycles. The molecule has 0 saturated heterocycles. The van der Waals surface area contributed by atoms with E-state index in [9.17, 15) is 45.7 Å². The highest BCUT2D eigenvalue weighted by Crippen LogP contribution is 2.46. The van der Waals surface area contributed by atoms with Gasteiger partial charge in [-0.15, -0.1) is 5.11 Å². The average molecular weight is 955 g/mol. The molecule has 0 radical (unpaired) electrons. The molecule has 16 nitrogen and oxygen atoms in total. The van der Waals surface area contributed by atoms with Gasteiger partial charge in [-0.25, -0.2) is 0 Å². The van der Waals surface area contributed by atoms with Gasteiger partial charge in [-0.3, -0.25) is 18.7 Å². The van der Waals surface area contributed by atoms with Gasteiger partial charge < -0.3 is 30.3 Å². The van der Waals surface area contributed by atoms with Gasteiger partial charge in [0.15, 0.2) is 12.0 Å². The zero-order chi connectivity index (χ0) is 49.2. The van der Waals surface area contributed by atoms with Crippen LogP contribution in [0.2, 0.25) is 0 Å². The summed E-state index contributed by atoms with van der Waals surface area (Å²) in [6.07, 6.45) is 2.08. The maximum absolute atomic E-state index is 14.1. The Kier molecular flexibility index (Phi) is 14.4. The zero-order valence-electron chi connectivity index (χ0n) is 38.3. The van der Waals surface area contributed by atoms with Crippen molar-refractivity contribution >= 4 is 70.7 Å². The van der Waals surface area contributed by atoms with Crippen LogP contribution in [-0.2, 0) is 37.9 Å². The Bertz CT molecular complexity index is 3140. The van der Waals surface area contributed by atoms with Gasteiger partial charge in [-0.05, 0) is 94.8 Å². The van der Waals surface area contributed by atoms with Crippen molar-refractivity contribution in [3.05, 3.63) is 108 Å². The molecule has 67 heavy (non-hydrogen) atoms. The van der Waals surface area contributed by atoms with Crippen LogP contribution in [0.25, 0.3) is 21.5 Å². The number of aromatic hydroxyl groups is 2. The van der Waals surface area contributed by atoms with Crippen molar-refractivity contribution < 1.29 is 55.2 Å². The van der Waals surface area contributed by atoms with Crippen molar-refractivity contribution in [2.75, 3.05) is 5.32 Å². The van der Waals surface area contributed by atoms with E-state index in [0.29, 0.717) is 29.4 Å². The summed E-state index contributed by atoms with van der Waals surface area (Å²) in [6.45, 7) is 16.1. The molecule has 6 rings (SSSR count). The Morgan fingerprint density at radius 1 is 0.746 bits per heavy atom. The molecule has 0 fully saturated rings. The topological polar surface area (TPSA) is 251 Å². The lowest BCUT2D eigenvalue weighted by atomic mass is 9.84. The third kappa shape index (κ3) is 12.4. The Hall–Kier alpha value is -6.60. The Morgan fingerprint density at radius 3 is 2.00 bits per heavy atom. The molecule has 18 heteroatoms. The molecule has 0 saturated carbocycles. The lowest BCUT2D eigenvalue weighted by Gasteiger charge is -2.26. The molecule has 6 aromatic rings. The van der Waals surface area contributed by atoms with Crippen molar-refractivity contribution in [1.29, 1.82) is 0 Å². The number of nitrogens with zero attached hydrogens (tertiary/aromatic N) is 2. The summed E-state index contributed by atoms with van der Waals surface area (Å²) in [5, 5.41) is 36.3. The smallest absolute Gasteiger partial charge is 0.296 e. The summed E-state index contributed by atoms with van der Waals surface area (Å²) < 4.78 is 81.5. The van der Waals surface area contributed by atoms with Crippen LogP contribution in [0, 0.1) is 10.8 Å². The van der Waals surface area contributed by atoms with Crippen molar-refractivity contribution in [2.45, 2.75) is 97.1 Å². The predicted octanol–water partition coefficient (Wildman–Crippen LogP) is 11.2. The monoisotopic (exact) mass is 954 g/mol. The lowest BCUT2D eigenvalue weighted by molar-refractivity contribution is -0.114. The minimum absolute atomic E-state index is 0.0384. The van der Waals surface area contributed by atoms with E-state index in [1.54, 1.807) is 24.3 Å². The number of anilines is 1. The third-order valence-corrected chi connectivity index (χ3v) is 12.0. The first-order valence-electron chi connectivity index (χ1n) is 21.3.